The lowest BCUT2D eigenvalue weighted by Gasteiger charge is -2.17. The molecule has 1 amide bonds. The number of hydrogen-bond donors (Lipinski definition) is 1. The predicted octanol–water partition coefficient (Wildman–Crippen LogP) is 3.41. The second kappa shape index (κ2) is 8.70. The van der Waals surface area contributed by atoms with Crippen LogP contribution in [0.4, 0.5) is 20.2 Å². The largest absolute Gasteiger partial charge is 0.480 e. The van der Waals surface area contributed by atoms with Gasteiger partial charge in [0.25, 0.3) is 11.6 Å². The molecule has 0 saturated heterocycles. The van der Waals surface area contributed by atoms with Crippen molar-refractivity contribution in [1.82, 2.24) is 0 Å². The Morgan fingerprint density at radius 1 is 1.19 bits per heavy atom. The van der Waals surface area contributed by atoms with Crippen LogP contribution in [0, 0.1) is 10.1 Å². The molecule has 0 unspecified atom stereocenters. The number of aldehydes is 1. The number of halogens is 2. The summed E-state index contributed by atoms with van der Waals surface area (Å²) in [5.41, 5.74) is -0.400. The van der Waals surface area contributed by atoms with Crippen molar-refractivity contribution in [2.24, 2.45) is 0 Å². The summed E-state index contributed by atoms with van der Waals surface area (Å²) in [6, 6.07) is 8.93. The van der Waals surface area contributed by atoms with Gasteiger partial charge in [-0.1, -0.05) is 12.1 Å². The third-order valence-corrected chi connectivity index (χ3v) is 3.37. The van der Waals surface area contributed by atoms with E-state index in [1.807, 2.05) is 0 Å². The average molecular weight is 380 g/mol. The van der Waals surface area contributed by atoms with Crippen molar-refractivity contribution in [1.29, 1.82) is 0 Å². The van der Waals surface area contributed by atoms with Gasteiger partial charge in [-0.05, 0) is 25.1 Å². The Morgan fingerprint density at radius 2 is 1.89 bits per heavy atom. The summed E-state index contributed by atoms with van der Waals surface area (Å²) in [6.07, 6.45) is -0.775. The van der Waals surface area contributed by atoms with E-state index in [4.69, 9.17) is 4.74 Å². The molecule has 0 spiro atoms. The molecule has 1 N–H and O–H groups in total. The van der Waals surface area contributed by atoms with Crippen molar-refractivity contribution in [2.75, 3.05) is 5.32 Å². The van der Waals surface area contributed by atoms with Crippen LogP contribution >= 0.6 is 0 Å². The zero-order valence-electron chi connectivity index (χ0n) is 13.9. The number of benzene rings is 2. The van der Waals surface area contributed by atoms with E-state index in [1.165, 1.54) is 37.3 Å². The summed E-state index contributed by atoms with van der Waals surface area (Å²) in [5.74, 6) is -0.956. The first-order chi connectivity index (χ1) is 12.8. The second-order valence-electron chi connectivity index (χ2n) is 5.22. The van der Waals surface area contributed by atoms with Gasteiger partial charge in [-0.15, -0.1) is 0 Å². The zero-order valence-corrected chi connectivity index (χ0v) is 13.9. The highest BCUT2D eigenvalue weighted by Gasteiger charge is 2.20. The number of rotatable bonds is 8. The van der Waals surface area contributed by atoms with Gasteiger partial charge in [-0.3, -0.25) is 19.7 Å². The molecule has 0 aliphatic rings. The fraction of sp³-hybridized carbons (Fsp3) is 0.176. The maximum absolute atomic E-state index is 12.4. The third kappa shape index (κ3) is 5.21. The minimum atomic E-state index is -3.06. The highest BCUT2D eigenvalue weighted by molar-refractivity contribution is 5.95. The number of alkyl halides is 2. The number of amides is 1. The summed E-state index contributed by atoms with van der Waals surface area (Å²) in [6.45, 7) is -1.70. The minimum Gasteiger partial charge on any atom is -0.480 e. The fourth-order valence-electron chi connectivity index (χ4n) is 2.10. The van der Waals surface area contributed by atoms with Crippen LogP contribution in [0.15, 0.2) is 42.5 Å². The molecule has 1 atom stereocenters. The standard InChI is InChI=1S/C17H14F2N2O6/c1-10(26-14-7-6-12(21(24)25)8-11(14)9-22)16(23)20-13-4-2-3-5-15(13)27-17(18)19/h2-10,17H,1H3,(H,20,23)/t10-/m1/s1. The molecule has 0 aliphatic carbocycles. The Hall–Kier alpha value is -3.56. The number of nitrogens with one attached hydrogen (secondary N) is 1. The van der Waals surface area contributed by atoms with Crippen LogP contribution in [-0.2, 0) is 4.79 Å². The molecule has 2 rings (SSSR count). The van der Waals surface area contributed by atoms with E-state index >= 15 is 0 Å². The van der Waals surface area contributed by atoms with Crippen molar-refractivity contribution < 1.29 is 32.8 Å². The van der Waals surface area contributed by atoms with E-state index in [2.05, 4.69) is 10.1 Å². The highest BCUT2D eigenvalue weighted by atomic mass is 19.3. The molecule has 27 heavy (non-hydrogen) atoms. The minimum absolute atomic E-state index is 0.0116. The van der Waals surface area contributed by atoms with Crippen molar-refractivity contribution in [3.05, 3.63) is 58.1 Å². The van der Waals surface area contributed by atoms with Crippen LogP contribution in [-0.4, -0.2) is 29.8 Å². The summed E-state index contributed by atoms with van der Waals surface area (Å²) in [4.78, 5) is 33.4. The first-order valence-electron chi connectivity index (χ1n) is 7.56. The Bertz CT molecular complexity index is 859. The first-order valence-corrected chi connectivity index (χ1v) is 7.56. The summed E-state index contributed by atoms with van der Waals surface area (Å²) in [7, 11) is 0. The summed E-state index contributed by atoms with van der Waals surface area (Å²) in [5, 5.41) is 13.1. The Morgan fingerprint density at radius 3 is 2.52 bits per heavy atom. The fourth-order valence-corrected chi connectivity index (χ4v) is 2.10. The molecular weight excluding hydrogens is 366 g/mol. The van der Waals surface area contributed by atoms with E-state index in [-0.39, 0.29) is 28.4 Å². The number of ether oxygens (including phenoxy) is 2. The van der Waals surface area contributed by atoms with Crippen LogP contribution in [0.3, 0.4) is 0 Å². The average Bonchev–Trinajstić information content (AvgIpc) is 2.62. The quantitative estimate of drug-likeness (QED) is 0.427. The molecule has 10 heteroatoms. The van der Waals surface area contributed by atoms with E-state index < -0.39 is 23.5 Å². The number of anilines is 1. The van der Waals surface area contributed by atoms with Crippen LogP contribution in [0.5, 0.6) is 11.5 Å². The van der Waals surface area contributed by atoms with Gasteiger partial charge >= 0.3 is 6.61 Å². The smallest absolute Gasteiger partial charge is 0.387 e. The van der Waals surface area contributed by atoms with Gasteiger partial charge in [0.1, 0.15) is 11.5 Å². The molecule has 0 bridgehead atoms. The lowest BCUT2D eigenvalue weighted by Crippen LogP contribution is -2.30. The van der Waals surface area contributed by atoms with Crippen LogP contribution in [0.25, 0.3) is 0 Å². The van der Waals surface area contributed by atoms with Crippen molar-refractivity contribution in [3.63, 3.8) is 0 Å². The van der Waals surface area contributed by atoms with Gasteiger partial charge in [0.05, 0.1) is 16.2 Å². The van der Waals surface area contributed by atoms with Crippen molar-refractivity contribution >= 4 is 23.6 Å². The van der Waals surface area contributed by atoms with E-state index in [0.717, 1.165) is 12.1 Å². The third-order valence-electron chi connectivity index (χ3n) is 3.37. The molecule has 142 valence electrons. The zero-order chi connectivity index (χ0) is 20.0. The van der Waals surface area contributed by atoms with Gasteiger partial charge in [-0.25, -0.2) is 0 Å². The molecule has 0 aromatic heterocycles. The molecule has 0 aliphatic heterocycles. The van der Waals surface area contributed by atoms with E-state index in [0.29, 0.717) is 6.29 Å². The Balaban J connectivity index is 2.13. The van der Waals surface area contributed by atoms with Gasteiger partial charge in [0.15, 0.2) is 12.4 Å². The molecule has 0 saturated carbocycles. The maximum Gasteiger partial charge on any atom is 0.387 e. The molecule has 0 fully saturated rings. The number of carbonyl (C=O) groups is 2. The molecular formula is C17H14F2N2O6. The van der Waals surface area contributed by atoms with E-state index in [9.17, 15) is 28.5 Å². The summed E-state index contributed by atoms with van der Waals surface area (Å²) < 4.78 is 34.5. The van der Waals surface area contributed by atoms with Crippen LogP contribution < -0.4 is 14.8 Å². The highest BCUT2D eigenvalue weighted by Crippen LogP contribution is 2.27. The lowest BCUT2D eigenvalue weighted by molar-refractivity contribution is -0.384. The topological polar surface area (TPSA) is 108 Å². The maximum atomic E-state index is 12.4. The molecule has 0 radical (unpaired) electrons. The first kappa shape index (κ1) is 19.8. The monoisotopic (exact) mass is 380 g/mol. The Labute approximate surface area is 151 Å². The normalized spacial score (nSPS) is 11.6. The number of nitro benzene ring substituents is 1. The van der Waals surface area contributed by atoms with Gasteiger partial charge in [0.2, 0.25) is 0 Å². The number of nitro groups is 1. The lowest BCUT2D eigenvalue weighted by atomic mass is 10.2. The van der Waals surface area contributed by atoms with E-state index in [1.54, 1.807) is 0 Å². The van der Waals surface area contributed by atoms with Gasteiger partial charge in [-0.2, -0.15) is 8.78 Å². The van der Waals surface area contributed by atoms with Crippen molar-refractivity contribution in [3.8, 4) is 11.5 Å². The Kier molecular flexibility index (Phi) is 6.36. The second-order valence-corrected chi connectivity index (χ2v) is 5.22. The number of non-ortho nitro benzene ring substituents is 1. The number of carbonyl (C=O) groups excluding carboxylic acids is 2. The molecule has 2 aromatic rings. The van der Waals surface area contributed by atoms with Crippen molar-refractivity contribution in [2.45, 2.75) is 19.6 Å². The molecule has 8 nitrogen and oxygen atoms in total. The molecule has 0 heterocycles. The molecule has 2 aromatic carbocycles. The van der Waals surface area contributed by atoms with Gasteiger partial charge < -0.3 is 14.8 Å². The number of nitrogens with zero attached hydrogens (tertiary/aromatic N) is 1. The summed E-state index contributed by atoms with van der Waals surface area (Å²) >= 11 is 0. The number of para-hydroxylation sites is 2. The number of hydrogen-bond acceptors (Lipinski definition) is 6. The predicted molar refractivity (Wildman–Crippen MR) is 90.3 cm³/mol. The van der Waals surface area contributed by atoms with Crippen LogP contribution in [0.2, 0.25) is 0 Å². The van der Waals surface area contributed by atoms with Gasteiger partial charge in [0, 0.05) is 12.1 Å². The van der Waals surface area contributed by atoms with Crippen LogP contribution in [0.1, 0.15) is 17.3 Å². The SMILES string of the molecule is C[C@@H](Oc1ccc([N+](=O)[O-])cc1C=O)C(=O)Nc1ccccc1OC(F)F.